The highest BCUT2D eigenvalue weighted by Crippen LogP contribution is 2.28. The molecule has 0 saturated heterocycles. The monoisotopic (exact) mass is 317 g/mol. The number of carbonyl (C=O) groups excluding carboxylic acids is 2. The molecule has 0 aromatic carbocycles. The zero-order chi connectivity index (χ0) is 14.4. The molecule has 2 amide bonds. The third kappa shape index (κ3) is 6.22. The van der Waals surface area contributed by atoms with Gasteiger partial charge in [0.25, 0.3) is 0 Å². The van der Waals surface area contributed by atoms with Gasteiger partial charge in [0.15, 0.2) is 0 Å². The molecule has 0 aliphatic heterocycles. The highest BCUT2D eigenvalue weighted by Gasteiger charge is 2.29. The van der Waals surface area contributed by atoms with Crippen molar-refractivity contribution in [1.82, 2.24) is 10.6 Å². The van der Waals surface area contributed by atoms with Crippen LogP contribution in [0.1, 0.15) is 51.4 Å². The van der Waals surface area contributed by atoms with Crippen LogP contribution in [-0.4, -0.2) is 30.9 Å². The lowest BCUT2D eigenvalue weighted by Gasteiger charge is -2.31. The summed E-state index contributed by atoms with van der Waals surface area (Å²) in [5, 5.41) is 6.00. The number of nitrogens with two attached hydrogens (primary N) is 1. The summed E-state index contributed by atoms with van der Waals surface area (Å²) in [6, 6.07) is 0.252. The van der Waals surface area contributed by atoms with E-state index >= 15 is 0 Å². The Morgan fingerprint density at radius 3 is 2.48 bits per heavy atom. The maximum atomic E-state index is 11.9. The van der Waals surface area contributed by atoms with E-state index in [1.54, 1.807) is 0 Å². The number of carbonyl (C=O) groups is 2. The highest BCUT2D eigenvalue weighted by atomic mass is 35.5. The molecule has 0 aromatic heterocycles. The van der Waals surface area contributed by atoms with E-state index in [1.165, 1.54) is 12.8 Å². The first-order valence-electron chi connectivity index (χ1n) is 7.98. The average Bonchev–Trinajstić information content (AvgIpc) is 3.28. The van der Waals surface area contributed by atoms with Gasteiger partial charge in [0.2, 0.25) is 11.8 Å². The van der Waals surface area contributed by atoms with Gasteiger partial charge in [0, 0.05) is 24.9 Å². The molecule has 2 fully saturated rings. The quantitative estimate of drug-likeness (QED) is 0.620. The molecule has 0 bridgehead atoms. The van der Waals surface area contributed by atoms with Crippen LogP contribution in [0, 0.1) is 11.8 Å². The van der Waals surface area contributed by atoms with Crippen molar-refractivity contribution in [1.29, 1.82) is 0 Å². The Labute approximate surface area is 133 Å². The largest absolute Gasteiger partial charge is 0.356 e. The van der Waals surface area contributed by atoms with Gasteiger partial charge >= 0.3 is 0 Å². The van der Waals surface area contributed by atoms with E-state index in [-0.39, 0.29) is 36.2 Å². The summed E-state index contributed by atoms with van der Waals surface area (Å²) in [4.78, 5) is 23.3. The Kier molecular flexibility index (Phi) is 8.04. The second kappa shape index (κ2) is 9.26. The molecule has 2 saturated carbocycles. The number of rotatable bonds is 7. The molecule has 0 aromatic rings. The van der Waals surface area contributed by atoms with E-state index in [1.807, 2.05) is 0 Å². The van der Waals surface area contributed by atoms with Gasteiger partial charge in [-0.2, -0.15) is 0 Å². The molecule has 122 valence electrons. The molecule has 2 unspecified atom stereocenters. The van der Waals surface area contributed by atoms with Crippen molar-refractivity contribution >= 4 is 24.2 Å². The van der Waals surface area contributed by atoms with Gasteiger partial charge in [-0.15, -0.1) is 12.4 Å². The SMILES string of the molecule is Cl.NCC1CCCCC1NC(=O)CCCNC(=O)C1CC1. The fourth-order valence-corrected chi connectivity index (χ4v) is 2.91. The summed E-state index contributed by atoms with van der Waals surface area (Å²) >= 11 is 0. The predicted molar refractivity (Wildman–Crippen MR) is 85.2 cm³/mol. The lowest BCUT2D eigenvalue weighted by Crippen LogP contribution is -2.44. The van der Waals surface area contributed by atoms with Gasteiger partial charge in [0.1, 0.15) is 0 Å². The van der Waals surface area contributed by atoms with Gasteiger partial charge in [-0.05, 0) is 44.6 Å². The van der Waals surface area contributed by atoms with E-state index in [2.05, 4.69) is 10.6 Å². The second-order valence-corrected chi connectivity index (χ2v) is 6.12. The minimum Gasteiger partial charge on any atom is -0.356 e. The molecule has 2 aliphatic carbocycles. The summed E-state index contributed by atoms with van der Waals surface area (Å²) in [5.41, 5.74) is 5.76. The minimum atomic E-state index is 0. The number of nitrogens with one attached hydrogen (secondary N) is 2. The van der Waals surface area contributed by atoms with Crippen LogP contribution in [0.5, 0.6) is 0 Å². The van der Waals surface area contributed by atoms with Gasteiger partial charge in [-0.1, -0.05) is 12.8 Å². The van der Waals surface area contributed by atoms with E-state index in [0.717, 1.165) is 25.7 Å². The molecular weight excluding hydrogens is 290 g/mol. The van der Waals surface area contributed by atoms with Crippen LogP contribution in [0.2, 0.25) is 0 Å². The molecular formula is C15H28ClN3O2. The summed E-state index contributed by atoms with van der Waals surface area (Å²) in [6.45, 7) is 1.26. The van der Waals surface area contributed by atoms with Crippen LogP contribution in [0.15, 0.2) is 0 Å². The van der Waals surface area contributed by atoms with E-state index in [4.69, 9.17) is 5.73 Å². The Morgan fingerprint density at radius 2 is 1.81 bits per heavy atom. The third-order valence-corrected chi connectivity index (χ3v) is 4.39. The van der Waals surface area contributed by atoms with E-state index < -0.39 is 0 Å². The smallest absolute Gasteiger partial charge is 0.223 e. The Bertz CT molecular complexity index is 348. The number of hydrogen-bond acceptors (Lipinski definition) is 3. The Morgan fingerprint density at radius 1 is 1.10 bits per heavy atom. The lowest BCUT2D eigenvalue weighted by molar-refractivity contribution is -0.124. The van der Waals surface area contributed by atoms with Crippen LogP contribution < -0.4 is 16.4 Å². The first-order valence-corrected chi connectivity index (χ1v) is 7.98. The number of halogens is 1. The molecule has 0 heterocycles. The van der Waals surface area contributed by atoms with E-state index in [9.17, 15) is 9.59 Å². The van der Waals surface area contributed by atoms with Gasteiger partial charge in [-0.3, -0.25) is 9.59 Å². The fraction of sp³-hybridized carbons (Fsp3) is 0.867. The van der Waals surface area contributed by atoms with Crippen LogP contribution in [-0.2, 0) is 9.59 Å². The number of amides is 2. The van der Waals surface area contributed by atoms with Gasteiger partial charge in [-0.25, -0.2) is 0 Å². The Balaban J connectivity index is 0.00000220. The molecule has 2 aliphatic rings. The Hall–Kier alpha value is -0.810. The van der Waals surface area contributed by atoms with Gasteiger partial charge < -0.3 is 16.4 Å². The second-order valence-electron chi connectivity index (χ2n) is 6.12. The third-order valence-electron chi connectivity index (χ3n) is 4.39. The standard InChI is InChI=1S/C15H27N3O2.ClH/c16-10-12-4-1-2-5-13(12)18-14(19)6-3-9-17-15(20)11-7-8-11;/h11-13H,1-10,16H2,(H,17,20)(H,18,19);1H. The fourth-order valence-electron chi connectivity index (χ4n) is 2.91. The van der Waals surface area contributed by atoms with Crippen molar-refractivity contribution in [2.24, 2.45) is 17.6 Å². The summed E-state index contributed by atoms with van der Waals surface area (Å²) in [6.07, 6.45) is 7.82. The maximum Gasteiger partial charge on any atom is 0.223 e. The van der Waals surface area contributed by atoms with Crippen molar-refractivity contribution < 1.29 is 9.59 Å². The lowest BCUT2D eigenvalue weighted by atomic mass is 9.84. The average molecular weight is 318 g/mol. The molecule has 2 rings (SSSR count). The van der Waals surface area contributed by atoms with Gasteiger partial charge in [0.05, 0.1) is 0 Å². The molecule has 21 heavy (non-hydrogen) atoms. The molecule has 6 heteroatoms. The van der Waals surface area contributed by atoms with Crippen molar-refractivity contribution in [3.63, 3.8) is 0 Å². The highest BCUT2D eigenvalue weighted by molar-refractivity contribution is 5.85. The topological polar surface area (TPSA) is 84.2 Å². The predicted octanol–water partition coefficient (Wildman–Crippen LogP) is 1.35. The van der Waals surface area contributed by atoms with Crippen molar-refractivity contribution in [3.05, 3.63) is 0 Å². The van der Waals surface area contributed by atoms with Crippen LogP contribution in [0.4, 0.5) is 0 Å². The van der Waals surface area contributed by atoms with Crippen LogP contribution in [0.3, 0.4) is 0 Å². The van der Waals surface area contributed by atoms with Crippen molar-refractivity contribution in [2.45, 2.75) is 57.4 Å². The summed E-state index contributed by atoms with van der Waals surface area (Å²) in [7, 11) is 0. The van der Waals surface area contributed by atoms with Crippen LogP contribution in [0.25, 0.3) is 0 Å². The minimum absolute atomic E-state index is 0. The molecule has 0 radical (unpaired) electrons. The first-order chi connectivity index (χ1) is 9.70. The molecule has 2 atom stereocenters. The summed E-state index contributed by atoms with van der Waals surface area (Å²) in [5.74, 6) is 0.926. The first kappa shape index (κ1) is 18.2. The van der Waals surface area contributed by atoms with Crippen molar-refractivity contribution in [3.8, 4) is 0 Å². The molecule has 5 nitrogen and oxygen atoms in total. The summed E-state index contributed by atoms with van der Waals surface area (Å²) < 4.78 is 0. The number of hydrogen-bond donors (Lipinski definition) is 3. The maximum absolute atomic E-state index is 11.9. The zero-order valence-corrected chi connectivity index (χ0v) is 13.4. The van der Waals surface area contributed by atoms with E-state index in [0.29, 0.717) is 31.8 Å². The van der Waals surface area contributed by atoms with Crippen LogP contribution >= 0.6 is 12.4 Å². The zero-order valence-electron chi connectivity index (χ0n) is 12.6. The molecule has 0 spiro atoms. The molecule has 4 N–H and O–H groups in total. The normalized spacial score (nSPS) is 24.8. The van der Waals surface area contributed by atoms with Crippen molar-refractivity contribution in [2.75, 3.05) is 13.1 Å².